The maximum absolute atomic E-state index is 12.9. The number of rotatable bonds is 7. The molecule has 1 heterocycles. The lowest BCUT2D eigenvalue weighted by Gasteiger charge is -2.32. The molecular formula is C16H22N2O4. The van der Waals surface area contributed by atoms with Gasteiger partial charge in [0, 0.05) is 14.2 Å². The molecule has 1 atom stereocenters. The molecule has 1 fully saturated rings. The lowest BCUT2D eigenvalue weighted by atomic mass is 9.92. The van der Waals surface area contributed by atoms with E-state index in [0.29, 0.717) is 12.8 Å². The summed E-state index contributed by atoms with van der Waals surface area (Å²) in [5.74, 6) is -0.308. The van der Waals surface area contributed by atoms with Gasteiger partial charge in [-0.15, -0.1) is 0 Å². The minimum atomic E-state index is -1.16. The summed E-state index contributed by atoms with van der Waals surface area (Å²) in [7, 11) is 2.93. The van der Waals surface area contributed by atoms with Crippen LogP contribution in [0.3, 0.4) is 0 Å². The minimum absolute atomic E-state index is 0.233. The second-order valence-electron chi connectivity index (χ2n) is 5.33. The van der Waals surface area contributed by atoms with Crippen LogP contribution >= 0.6 is 0 Å². The van der Waals surface area contributed by atoms with Gasteiger partial charge in [-0.25, -0.2) is 4.79 Å². The van der Waals surface area contributed by atoms with Gasteiger partial charge in [0.25, 0.3) is 5.91 Å². The summed E-state index contributed by atoms with van der Waals surface area (Å²) < 4.78 is 10.5. The topological polar surface area (TPSA) is 67.9 Å². The van der Waals surface area contributed by atoms with Gasteiger partial charge in [-0.05, 0) is 12.0 Å². The van der Waals surface area contributed by atoms with Crippen LogP contribution in [0.5, 0.6) is 0 Å². The maximum atomic E-state index is 12.9. The Kier molecular flexibility index (Phi) is 5.15. The average Bonchev–Trinajstić information content (AvgIpc) is 2.75. The molecule has 22 heavy (non-hydrogen) atoms. The molecule has 0 spiro atoms. The van der Waals surface area contributed by atoms with Crippen LogP contribution in [0.1, 0.15) is 25.3 Å². The van der Waals surface area contributed by atoms with E-state index in [0.717, 1.165) is 5.56 Å². The predicted molar refractivity (Wildman–Crippen MR) is 81.0 cm³/mol. The number of carbonyl (C=O) groups excluding carboxylic acids is 2. The van der Waals surface area contributed by atoms with Crippen LogP contribution < -0.4 is 5.32 Å². The molecule has 6 nitrogen and oxygen atoms in total. The summed E-state index contributed by atoms with van der Waals surface area (Å²) in [6, 6.07) is 8.99. The highest BCUT2D eigenvalue weighted by molar-refractivity contribution is 6.07. The fourth-order valence-electron chi connectivity index (χ4n) is 2.89. The zero-order chi connectivity index (χ0) is 16.2. The average molecular weight is 306 g/mol. The summed E-state index contributed by atoms with van der Waals surface area (Å²) in [6.45, 7) is 2.18. The van der Waals surface area contributed by atoms with Crippen molar-refractivity contribution < 1.29 is 19.1 Å². The molecule has 0 bridgehead atoms. The first-order chi connectivity index (χ1) is 10.6. The van der Waals surface area contributed by atoms with Crippen LogP contribution in [0.15, 0.2) is 30.3 Å². The van der Waals surface area contributed by atoms with Crippen LogP contribution in [-0.4, -0.2) is 42.9 Å². The lowest BCUT2D eigenvalue weighted by molar-refractivity contribution is -0.169. The molecule has 1 aliphatic heterocycles. The second-order valence-corrected chi connectivity index (χ2v) is 5.33. The number of hydrogen-bond donors (Lipinski definition) is 1. The lowest BCUT2D eigenvalue weighted by Crippen LogP contribution is -2.57. The Morgan fingerprint density at radius 1 is 1.18 bits per heavy atom. The first-order valence-corrected chi connectivity index (χ1v) is 7.32. The van der Waals surface area contributed by atoms with E-state index in [1.807, 2.05) is 37.3 Å². The first kappa shape index (κ1) is 16.5. The number of nitrogens with zero attached hydrogens (tertiary/aromatic N) is 1. The number of nitrogens with one attached hydrogen (secondary N) is 1. The third-order valence-electron chi connectivity index (χ3n) is 3.86. The highest BCUT2D eigenvalue weighted by atomic mass is 16.7. The minimum Gasteiger partial charge on any atom is -0.353 e. The normalized spacial score (nSPS) is 21.5. The van der Waals surface area contributed by atoms with Crippen molar-refractivity contribution >= 4 is 11.9 Å². The van der Waals surface area contributed by atoms with Crippen molar-refractivity contribution in [2.24, 2.45) is 0 Å². The summed E-state index contributed by atoms with van der Waals surface area (Å²) in [5, 5.41) is 2.78. The van der Waals surface area contributed by atoms with Crippen LogP contribution in [0.2, 0.25) is 0 Å². The van der Waals surface area contributed by atoms with E-state index in [9.17, 15) is 9.59 Å². The molecule has 0 unspecified atom stereocenters. The van der Waals surface area contributed by atoms with Crippen molar-refractivity contribution in [3.63, 3.8) is 0 Å². The fourth-order valence-corrected chi connectivity index (χ4v) is 2.89. The van der Waals surface area contributed by atoms with Crippen LogP contribution in [0.25, 0.3) is 0 Å². The number of hydrogen-bond acceptors (Lipinski definition) is 4. The van der Waals surface area contributed by atoms with Gasteiger partial charge >= 0.3 is 6.03 Å². The van der Waals surface area contributed by atoms with E-state index in [2.05, 4.69) is 5.32 Å². The van der Waals surface area contributed by atoms with Crippen molar-refractivity contribution in [1.82, 2.24) is 10.2 Å². The van der Waals surface area contributed by atoms with Crippen molar-refractivity contribution in [1.29, 1.82) is 0 Å². The molecule has 0 aliphatic carbocycles. The SMILES string of the molecule is CCC[C@]1(C(OC)OC)NC(=O)N(Cc2ccccc2)C1=O. The Morgan fingerprint density at radius 2 is 1.82 bits per heavy atom. The van der Waals surface area contributed by atoms with Gasteiger partial charge in [0.15, 0.2) is 11.8 Å². The third kappa shape index (κ3) is 2.84. The van der Waals surface area contributed by atoms with Crippen molar-refractivity contribution in [2.45, 2.75) is 38.1 Å². The Balaban J connectivity index is 2.28. The van der Waals surface area contributed by atoms with Crippen LogP contribution in [0.4, 0.5) is 4.79 Å². The number of benzene rings is 1. The van der Waals surface area contributed by atoms with Crippen molar-refractivity contribution in [2.75, 3.05) is 14.2 Å². The Labute approximate surface area is 130 Å². The zero-order valence-electron chi connectivity index (χ0n) is 13.2. The molecule has 1 aromatic carbocycles. The largest absolute Gasteiger partial charge is 0.353 e. The fraction of sp³-hybridized carbons (Fsp3) is 0.500. The van der Waals surface area contributed by atoms with E-state index in [1.54, 1.807) is 0 Å². The molecule has 0 aromatic heterocycles. The summed E-state index contributed by atoms with van der Waals surface area (Å²) in [5.41, 5.74) is -0.269. The number of methoxy groups -OCH3 is 2. The molecule has 1 aromatic rings. The van der Waals surface area contributed by atoms with Crippen molar-refractivity contribution in [3.8, 4) is 0 Å². The Hall–Kier alpha value is -1.92. The molecule has 1 saturated heterocycles. The van der Waals surface area contributed by atoms with E-state index in [-0.39, 0.29) is 12.5 Å². The van der Waals surface area contributed by atoms with Gasteiger partial charge in [0.2, 0.25) is 0 Å². The summed E-state index contributed by atoms with van der Waals surface area (Å²) in [4.78, 5) is 26.4. The third-order valence-corrected chi connectivity index (χ3v) is 3.86. The number of imide groups is 1. The number of carbonyl (C=O) groups is 2. The first-order valence-electron chi connectivity index (χ1n) is 7.32. The number of amides is 3. The molecule has 0 radical (unpaired) electrons. The van der Waals surface area contributed by atoms with Crippen molar-refractivity contribution in [3.05, 3.63) is 35.9 Å². The monoisotopic (exact) mass is 306 g/mol. The molecule has 3 amide bonds. The van der Waals surface area contributed by atoms with E-state index >= 15 is 0 Å². The smallest absolute Gasteiger partial charge is 0.325 e. The Morgan fingerprint density at radius 3 is 2.36 bits per heavy atom. The summed E-state index contributed by atoms with van der Waals surface area (Å²) >= 11 is 0. The highest BCUT2D eigenvalue weighted by Crippen LogP contribution is 2.29. The van der Waals surface area contributed by atoms with Gasteiger partial charge in [-0.1, -0.05) is 43.7 Å². The second kappa shape index (κ2) is 6.89. The predicted octanol–water partition coefficient (Wildman–Crippen LogP) is 1.90. The van der Waals surface area contributed by atoms with E-state index in [4.69, 9.17) is 9.47 Å². The van der Waals surface area contributed by atoms with Gasteiger partial charge < -0.3 is 14.8 Å². The molecular weight excluding hydrogens is 284 g/mol. The molecule has 6 heteroatoms. The molecule has 1 aliphatic rings. The molecule has 120 valence electrons. The quantitative estimate of drug-likeness (QED) is 0.617. The Bertz CT molecular complexity index is 530. The standard InChI is InChI=1S/C16H22N2O4/c1-4-10-16(14(21-2)22-3)13(19)18(15(20)17-16)11-12-8-6-5-7-9-12/h5-9,14H,4,10-11H2,1-3H3,(H,17,20)/t16-/m0/s1. The van der Waals surface area contributed by atoms with E-state index < -0.39 is 17.9 Å². The number of urea groups is 1. The molecule has 2 rings (SSSR count). The van der Waals surface area contributed by atoms with Gasteiger partial charge in [-0.3, -0.25) is 9.69 Å². The van der Waals surface area contributed by atoms with Gasteiger partial charge in [-0.2, -0.15) is 0 Å². The summed E-state index contributed by atoms with van der Waals surface area (Å²) in [6.07, 6.45) is 0.355. The van der Waals surface area contributed by atoms with Crippen LogP contribution in [-0.2, 0) is 20.8 Å². The highest BCUT2D eigenvalue weighted by Gasteiger charge is 2.56. The zero-order valence-corrected chi connectivity index (χ0v) is 13.2. The molecule has 1 N–H and O–H groups in total. The molecule has 0 saturated carbocycles. The van der Waals surface area contributed by atoms with E-state index in [1.165, 1.54) is 19.1 Å². The van der Waals surface area contributed by atoms with Crippen LogP contribution in [0, 0.1) is 0 Å². The maximum Gasteiger partial charge on any atom is 0.325 e. The van der Waals surface area contributed by atoms with Gasteiger partial charge in [0.1, 0.15) is 0 Å². The van der Waals surface area contributed by atoms with Gasteiger partial charge in [0.05, 0.1) is 6.54 Å². The number of ether oxygens (including phenoxy) is 2.